The number of methoxy groups -OCH3 is 1. The van der Waals surface area contributed by atoms with Crippen LogP contribution < -0.4 is 4.72 Å². The number of sulfonamides is 1. The summed E-state index contributed by atoms with van der Waals surface area (Å²) in [6, 6.07) is 8.90. The van der Waals surface area contributed by atoms with Crippen LogP contribution in [0.5, 0.6) is 0 Å². The molecule has 8 nitrogen and oxygen atoms in total. The maximum absolute atomic E-state index is 12.3. The number of aliphatic imine (C=N–C) groups is 1. The number of hydrogen-bond acceptors (Lipinski definition) is 7. The highest BCUT2D eigenvalue weighted by molar-refractivity contribution is 7.89. The summed E-state index contributed by atoms with van der Waals surface area (Å²) in [6.45, 7) is 1.48. The number of hydrogen-bond donors (Lipinski definition) is 1. The molecule has 0 fully saturated rings. The summed E-state index contributed by atoms with van der Waals surface area (Å²) in [5, 5.41) is 0.432. The molecular formula is C19H17ClN2O6S. The standard InChI is InChI=1S/C19H17ClN2O6S/c1-11-17(19(24)27-2)18(23)16(22-11)9-13-5-6-14(28-13)10-21-29(25,26)15-7-3-12(20)4-8-15/h3-9,17,21H,10H2,1-2H3/b16-9-. The van der Waals surface area contributed by atoms with Gasteiger partial charge in [-0.3, -0.25) is 14.6 Å². The Bertz CT molecular complexity index is 1120. The van der Waals surface area contributed by atoms with E-state index in [4.69, 9.17) is 16.0 Å². The van der Waals surface area contributed by atoms with Gasteiger partial charge in [0.25, 0.3) is 0 Å². The van der Waals surface area contributed by atoms with Crippen molar-refractivity contribution in [1.82, 2.24) is 4.72 Å². The Morgan fingerprint density at radius 2 is 1.97 bits per heavy atom. The van der Waals surface area contributed by atoms with Crippen molar-refractivity contribution < 1.29 is 27.2 Å². The number of rotatable bonds is 6. The van der Waals surface area contributed by atoms with Crippen molar-refractivity contribution >= 4 is 45.2 Å². The molecule has 2 heterocycles. The number of halogens is 1. The largest absolute Gasteiger partial charge is 0.468 e. The first-order valence-corrected chi connectivity index (χ1v) is 10.3. The lowest BCUT2D eigenvalue weighted by Crippen LogP contribution is -2.27. The van der Waals surface area contributed by atoms with Crippen molar-refractivity contribution in [1.29, 1.82) is 0 Å². The third-order valence-electron chi connectivity index (χ3n) is 4.19. The molecule has 3 rings (SSSR count). The molecule has 0 radical (unpaired) electrons. The van der Waals surface area contributed by atoms with Crippen molar-refractivity contribution in [2.24, 2.45) is 10.9 Å². The summed E-state index contributed by atoms with van der Waals surface area (Å²) in [7, 11) is -2.53. The predicted octanol–water partition coefficient (Wildman–Crippen LogP) is 2.59. The van der Waals surface area contributed by atoms with Gasteiger partial charge >= 0.3 is 5.97 Å². The summed E-state index contributed by atoms with van der Waals surface area (Å²) in [4.78, 5) is 28.2. The van der Waals surface area contributed by atoms with Gasteiger partial charge in [0.2, 0.25) is 15.8 Å². The third kappa shape index (κ3) is 4.64. The van der Waals surface area contributed by atoms with Gasteiger partial charge < -0.3 is 9.15 Å². The summed E-state index contributed by atoms with van der Waals surface area (Å²) >= 11 is 5.77. The Morgan fingerprint density at radius 1 is 1.28 bits per heavy atom. The van der Waals surface area contributed by atoms with E-state index in [-0.39, 0.29) is 17.1 Å². The molecule has 1 aromatic carbocycles. The zero-order valence-electron chi connectivity index (χ0n) is 15.5. The van der Waals surface area contributed by atoms with Crippen LogP contribution in [-0.2, 0) is 30.9 Å². The van der Waals surface area contributed by atoms with E-state index in [1.807, 2.05) is 0 Å². The van der Waals surface area contributed by atoms with E-state index < -0.39 is 27.7 Å². The number of furan rings is 1. The Balaban J connectivity index is 1.70. The number of nitrogens with zero attached hydrogens (tertiary/aromatic N) is 1. The van der Waals surface area contributed by atoms with Gasteiger partial charge in [-0.25, -0.2) is 13.1 Å². The minimum absolute atomic E-state index is 0.0699. The van der Waals surface area contributed by atoms with Crippen LogP contribution in [0.3, 0.4) is 0 Å². The van der Waals surface area contributed by atoms with Gasteiger partial charge in [-0.15, -0.1) is 0 Å². The fourth-order valence-corrected chi connectivity index (χ4v) is 3.83. The Hall–Kier alpha value is -2.75. The molecule has 152 valence electrons. The number of benzene rings is 1. The summed E-state index contributed by atoms with van der Waals surface area (Å²) < 4.78 is 37.2. The molecule has 0 spiro atoms. The molecule has 1 atom stereocenters. The van der Waals surface area contributed by atoms with E-state index in [0.29, 0.717) is 22.3 Å². The molecule has 0 saturated heterocycles. The van der Waals surface area contributed by atoms with Crippen LogP contribution in [0, 0.1) is 5.92 Å². The van der Waals surface area contributed by atoms with Crippen molar-refractivity contribution in [2.75, 3.05) is 7.11 Å². The lowest BCUT2D eigenvalue weighted by Gasteiger charge is -2.05. The van der Waals surface area contributed by atoms with Gasteiger partial charge in [-0.05, 0) is 43.3 Å². The van der Waals surface area contributed by atoms with Crippen molar-refractivity contribution in [3.63, 3.8) is 0 Å². The third-order valence-corrected chi connectivity index (χ3v) is 5.86. The zero-order valence-corrected chi connectivity index (χ0v) is 17.1. The monoisotopic (exact) mass is 436 g/mol. The lowest BCUT2D eigenvalue weighted by molar-refractivity contribution is -0.145. The first-order chi connectivity index (χ1) is 13.7. The molecule has 1 unspecified atom stereocenters. The maximum Gasteiger partial charge on any atom is 0.322 e. The number of ether oxygens (including phenoxy) is 1. The summed E-state index contributed by atoms with van der Waals surface area (Å²) in [6.07, 6.45) is 1.39. The van der Waals surface area contributed by atoms with E-state index in [9.17, 15) is 18.0 Å². The predicted molar refractivity (Wildman–Crippen MR) is 106 cm³/mol. The Morgan fingerprint density at radius 3 is 2.62 bits per heavy atom. The highest BCUT2D eigenvalue weighted by Gasteiger charge is 2.37. The van der Waals surface area contributed by atoms with Crippen LogP contribution in [0.2, 0.25) is 5.02 Å². The number of nitrogens with one attached hydrogen (secondary N) is 1. The van der Waals surface area contributed by atoms with Gasteiger partial charge in [-0.1, -0.05) is 11.6 Å². The minimum atomic E-state index is -3.74. The molecule has 0 saturated carbocycles. The number of carbonyl (C=O) groups excluding carboxylic acids is 2. The number of Topliss-reactive ketones (excluding diaryl/α,β-unsaturated/α-hetero) is 1. The smallest absolute Gasteiger partial charge is 0.322 e. The normalized spacial score (nSPS) is 18.2. The van der Waals surface area contributed by atoms with Crippen LogP contribution in [-0.4, -0.2) is 33.0 Å². The minimum Gasteiger partial charge on any atom is -0.468 e. The second-order valence-electron chi connectivity index (χ2n) is 6.19. The molecule has 0 bridgehead atoms. The average molecular weight is 437 g/mol. The molecule has 10 heteroatoms. The summed E-state index contributed by atoms with van der Waals surface area (Å²) in [5.41, 5.74) is 0.413. The number of allylic oxidation sites excluding steroid dienone is 1. The quantitative estimate of drug-likeness (QED) is 0.422. The fraction of sp³-hybridized carbons (Fsp3) is 0.211. The molecule has 0 aliphatic carbocycles. The highest BCUT2D eigenvalue weighted by Crippen LogP contribution is 2.24. The number of ketones is 1. The second-order valence-corrected chi connectivity index (χ2v) is 8.39. The fourth-order valence-electron chi connectivity index (χ4n) is 2.71. The first-order valence-electron chi connectivity index (χ1n) is 8.44. The molecule has 1 aliphatic rings. The lowest BCUT2D eigenvalue weighted by atomic mass is 10.0. The molecular weight excluding hydrogens is 420 g/mol. The van der Waals surface area contributed by atoms with Crippen molar-refractivity contribution in [3.8, 4) is 0 Å². The molecule has 1 N–H and O–H groups in total. The maximum atomic E-state index is 12.3. The van der Waals surface area contributed by atoms with Crippen LogP contribution >= 0.6 is 11.6 Å². The Kier molecular flexibility index (Phi) is 6.02. The van der Waals surface area contributed by atoms with E-state index in [0.717, 1.165) is 0 Å². The van der Waals surface area contributed by atoms with Crippen LogP contribution in [0.4, 0.5) is 0 Å². The van der Waals surface area contributed by atoms with Gasteiger partial charge in [0, 0.05) is 16.8 Å². The van der Waals surface area contributed by atoms with Gasteiger partial charge in [0.05, 0.1) is 18.6 Å². The van der Waals surface area contributed by atoms with E-state index in [1.54, 1.807) is 19.1 Å². The van der Waals surface area contributed by atoms with Crippen molar-refractivity contribution in [3.05, 3.63) is 58.6 Å². The highest BCUT2D eigenvalue weighted by atomic mass is 35.5. The van der Waals surface area contributed by atoms with Gasteiger partial charge in [0.15, 0.2) is 5.92 Å². The molecule has 1 aromatic heterocycles. The molecule has 29 heavy (non-hydrogen) atoms. The van der Waals surface area contributed by atoms with Crippen molar-refractivity contribution in [2.45, 2.75) is 18.4 Å². The SMILES string of the molecule is COC(=O)C1C(=O)/C(=C/c2ccc(CNS(=O)(=O)c3ccc(Cl)cc3)o2)N=C1C. The molecule has 2 aromatic rings. The Labute approximate surface area is 172 Å². The van der Waals surface area contributed by atoms with Crippen LogP contribution in [0.25, 0.3) is 6.08 Å². The van der Waals surface area contributed by atoms with Gasteiger partial charge in [0.1, 0.15) is 17.2 Å². The number of esters is 1. The van der Waals surface area contributed by atoms with Crippen LogP contribution in [0.15, 0.2) is 56.4 Å². The van der Waals surface area contributed by atoms with E-state index in [2.05, 4.69) is 14.5 Å². The van der Waals surface area contributed by atoms with E-state index in [1.165, 1.54) is 37.5 Å². The molecule has 1 aliphatic heterocycles. The van der Waals surface area contributed by atoms with Crippen LogP contribution in [0.1, 0.15) is 18.4 Å². The summed E-state index contributed by atoms with van der Waals surface area (Å²) in [5.74, 6) is -1.56. The topological polar surface area (TPSA) is 115 Å². The average Bonchev–Trinajstić information content (AvgIpc) is 3.24. The molecule has 0 amide bonds. The first kappa shape index (κ1) is 21.0. The zero-order chi connectivity index (χ0) is 21.2. The van der Waals surface area contributed by atoms with Gasteiger partial charge in [-0.2, -0.15) is 0 Å². The van der Waals surface area contributed by atoms with E-state index >= 15 is 0 Å². The second kappa shape index (κ2) is 8.32. The number of carbonyl (C=O) groups is 2.